The van der Waals surface area contributed by atoms with E-state index in [2.05, 4.69) is 0 Å². The number of aliphatic hydroxyl groups is 1. The first kappa shape index (κ1) is 23.9. The molecule has 9 nitrogen and oxygen atoms in total. The second-order valence-corrected chi connectivity index (χ2v) is 7.98. The highest BCUT2D eigenvalue weighted by atomic mass is 16.6. The maximum atomic E-state index is 13.0. The molecule has 3 rings (SSSR count). The van der Waals surface area contributed by atoms with Crippen LogP contribution in [0.15, 0.2) is 48.0 Å². The molecule has 0 aliphatic carbocycles. The molecule has 1 atom stereocenters. The predicted octanol–water partition coefficient (Wildman–Crippen LogP) is 3.76. The van der Waals surface area contributed by atoms with Gasteiger partial charge in [0.25, 0.3) is 17.4 Å². The summed E-state index contributed by atoms with van der Waals surface area (Å²) < 4.78 is 10.8. The summed E-state index contributed by atoms with van der Waals surface area (Å²) in [5.41, 5.74) is 1.38. The number of nitro benzene ring substituents is 1. The Kier molecular flexibility index (Phi) is 7.13. The number of aliphatic hydroxyl groups excluding tert-OH is 1. The monoisotopic (exact) mass is 454 g/mol. The number of hydrogen-bond donors (Lipinski definition) is 1. The zero-order chi connectivity index (χ0) is 24.3. The van der Waals surface area contributed by atoms with Crippen LogP contribution in [-0.4, -0.2) is 53.0 Å². The lowest BCUT2D eigenvalue weighted by Gasteiger charge is -2.25. The summed E-state index contributed by atoms with van der Waals surface area (Å²) >= 11 is 0. The average Bonchev–Trinajstić information content (AvgIpc) is 3.03. The summed E-state index contributed by atoms with van der Waals surface area (Å²) in [5.74, 6) is -1.27. The number of methoxy groups -OCH3 is 1. The van der Waals surface area contributed by atoms with E-state index in [1.807, 2.05) is 20.8 Å². The Morgan fingerprint density at radius 3 is 2.39 bits per heavy atom. The van der Waals surface area contributed by atoms with Crippen molar-refractivity contribution in [2.75, 3.05) is 20.3 Å². The number of Topliss-reactive ketones (excluding diaryl/α,β-unsaturated/α-hetero) is 1. The number of ether oxygens (including phenoxy) is 2. The average molecular weight is 454 g/mol. The molecule has 1 heterocycles. The normalized spacial score (nSPS) is 17.6. The first-order valence-electron chi connectivity index (χ1n) is 10.4. The largest absolute Gasteiger partial charge is 0.507 e. The molecule has 0 saturated carbocycles. The van der Waals surface area contributed by atoms with Gasteiger partial charge in [0.05, 0.1) is 29.2 Å². The zero-order valence-corrected chi connectivity index (χ0v) is 18.9. The van der Waals surface area contributed by atoms with E-state index < -0.39 is 22.7 Å². The smallest absolute Gasteiger partial charge is 0.295 e. The van der Waals surface area contributed by atoms with E-state index in [0.29, 0.717) is 16.9 Å². The summed E-state index contributed by atoms with van der Waals surface area (Å²) in [6.07, 6.45) is -0.0311. The number of benzene rings is 2. The fourth-order valence-corrected chi connectivity index (χ4v) is 3.76. The van der Waals surface area contributed by atoms with Gasteiger partial charge in [0.2, 0.25) is 0 Å². The summed E-state index contributed by atoms with van der Waals surface area (Å²) in [5, 5.41) is 22.2. The Morgan fingerprint density at radius 1 is 1.18 bits per heavy atom. The van der Waals surface area contributed by atoms with Crippen LogP contribution in [0.5, 0.6) is 5.75 Å². The third kappa shape index (κ3) is 4.88. The Hall–Kier alpha value is -3.72. The molecule has 174 valence electrons. The van der Waals surface area contributed by atoms with Crippen molar-refractivity contribution < 1.29 is 29.1 Å². The van der Waals surface area contributed by atoms with Gasteiger partial charge in [-0.15, -0.1) is 0 Å². The van der Waals surface area contributed by atoms with Crippen molar-refractivity contribution in [3.8, 4) is 5.75 Å². The molecule has 2 aromatic rings. The number of hydrogen-bond acceptors (Lipinski definition) is 7. The van der Waals surface area contributed by atoms with Gasteiger partial charge in [-0.3, -0.25) is 19.7 Å². The Labute approximate surface area is 191 Å². The van der Waals surface area contributed by atoms with Crippen molar-refractivity contribution in [3.05, 3.63) is 74.8 Å². The van der Waals surface area contributed by atoms with Gasteiger partial charge in [-0.05, 0) is 62.2 Å². The van der Waals surface area contributed by atoms with Gasteiger partial charge in [0.15, 0.2) is 0 Å². The minimum Gasteiger partial charge on any atom is -0.507 e. The topological polar surface area (TPSA) is 119 Å². The molecule has 1 fully saturated rings. The molecule has 9 heteroatoms. The van der Waals surface area contributed by atoms with E-state index in [1.54, 1.807) is 18.2 Å². The zero-order valence-electron chi connectivity index (χ0n) is 18.9. The van der Waals surface area contributed by atoms with Gasteiger partial charge in [0.1, 0.15) is 11.5 Å². The van der Waals surface area contributed by atoms with Crippen molar-refractivity contribution in [1.82, 2.24) is 4.90 Å². The lowest BCUT2D eigenvalue weighted by Crippen LogP contribution is -2.32. The van der Waals surface area contributed by atoms with Gasteiger partial charge in [-0.1, -0.05) is 0 Å². The molecule has 33 heavy (non-hydrogen) atoms. The molecule has 0 bridgehead atoms. The quantitative estimate of drug-likeness (QED) is 0.212. The highest BCUT2D eigenvalue weighted by molar-refractivity contribution is 6.46. The van der Waals surface area contributed by atoms with Crippen molar-refractivity contribution in [2.24, 2.45) is 0 Å². The highest BCUT2D eigenvalue weighted by Gasteiger charge is 2.46. The first-order valence-corrected chi connectivity index (χ1v) is 10.4. The molecule has 0 aromatic heterocycles. The van der Waals surface area contributed by atoms with Gasteiger partial charge >= 0.3 is 0 Å². The van der Waals surface area contributed by atoms with Crippen molar-refractivity contribution in [3.63, 3.8) is 0 Å². The molecular formula is C24H26N2O7. The van der Waals surface area contributed by atoms with Gasteiger partial charge in [0, 0.05) is 31.4 Å². The summed E-state index contributed by atoms with van der Waals surface area (Å²) in [7, 11) is 1.47. The minimum atomic E-state index is -0.909. The van der Waals surface area contributed by atoms with Crippen molar-refractivity contribution in [2.45, 2.75) is 32.9 Å². The Balaban J connectivity index is 2.12. The van der Waals surface area contributed by atoms with Crippen LogP contribution in [0.1, 0.15) is 36.6 Å². The number of carbonyl (C=O) groups excluding carboxylic acids is 2. The summed E-state index contributed by atoms with van der Waals surface area (Å²) in [4.78, 5) is 37.6. The van der Waals surface area contributed by atoms with E-state index >= 15 is 0 Å². The Morgan fingerprint density at radius 2 is 1.85 bits per heavy atom. The molecule has 0 unspecified atom stereocenters. The standard InChI is InChI=1S/C24H26N2O7/c1-14(2)33-19-10-7-17(13-15(19)3)22(27)20-21(16-5-8-18(9-6-16)26(30)31)25(11-12-32-4)24(29)23(20)28/h5-10,13-14,21,27H,11-12H2,1-4H3/t21-/m0/s1. The Bertz CT molecular complexity index is 1110. The third-order valence-corrected chi connectivity index (χ3v) is 5.31. The van der Waals surface area contributed by atoms with E-state index in [9.17, 15) is 24.8 Å². The van der Waals surface area contributed by atoms with E-state index in [-0.39, 0.29) is 36.3 Å². The molecular weight excluding hydrogens is 428 g/mol. The fourth-order valence-electron chi connectivity index (χ4n) is 3.76. The van der Waals surface area contributed by atoms with Gasteiger partial charge < -0.3 is 19.5 Å². The minimum absolute atomic E-state index is 0.0311. The van der Waals surface area contributed by atoms with Crippen molar-refractivity contribution in [1.29, 1.82) is 0 Å². The number of ketones is 1. The number of carbonyl (C=O) groups is 2. The van der Waals surface area contributed by atoms with E-state index in [4.69, 9.17) is 9.47 Å². The van der Waals surface area contributed by atoms with Crippen LogP contribution >= 0.6 is 0 Å². The highest BCUT2D eigenvalue weighted by Crippen LogP contribution is 2.40. The fraction of sp³-hybridized carbons (Fsp3) is 0.333. The number of nitrogens with zero attached hydrogens (tertiary/aromatic N) is 2. The third-order valence-electron chi connectivity index (χ3n) is 5.31. The molecule has 1 aliphatic heterocycles. The molecule has 1 N–H and O–H groups in total. The van der Waals surface area contributed by atoms with Crippen LogP contribution in [0.25, 0.3) is 5.76 Å². The number of rotatable bonds is 8. The lowest BCUT2D eigenvalue weighted by atomic mass is 9.94. The number of amides is 1. The summed E-state index contributed by atoms with van der Waals surface area (Å²) in [6, 6.07) is 9.65. The maximum absolute atomic E-state index is 13.0. The second kappa shape index (κ2) is 9.83. The summed E-state index contributed by atoms with van der Waals surface area (Å²) in [6.45, 7) is 5.91. The maximum Gasteiger partial charge on any atom is 0.295 e. The number of nitro groups is 1. The van der Waals surface area contributed by atoms with Gasteiger partial charge in [-0.25, -0.2) is 0 Å². The first-order chi connectivity index (χ1) is 15.6. The van der Waals surface area contributed by atoms with Crippen LogP contribution in [0.2, 0.25) is 0 Å². The van der Waals surface area contributed by atoms with Crippen LogP contribution in [0.3, 0.4) is 0 Å². The molecule has 0 radical (unpaired) electrons. The van der Waals surface area contributed by atoms with E-state index in [0.717, 1.165) is 5.56 Å². The van der Waals surface area contributed by atoms with Crippen LogP contribution in [0.4, 0.5) is 5.69 Å². The lowest BCUT2D eigenvalue weighted by molar-refractivity contribution is -0.384. The van der Waals surface area contributed by atoms with E-state index in [1.165, 1.54) is 36.3 Å². The number of aryl methyl sites for hydroxylation is 1. The molecule has 2 aromatic carbocycles. The number of likely N-dealkylation sites (tertiary alicyclic amines) is 1. The van der Waals surface area contributed by atoms with Gasteiger partial charge in [-0.2, -0.15) is 0 Å². The van der Waals surface area contributed by atoms with Crippen molar-refractivity contribution >= 4 is 23.1 Å². The molecule has 0 spiro atoms. The second-order valence-electron chi connectivity index (χ2n) is 7.98. The molecule has 1 saturated heterocycles. The molecule has 1 amide bonds. The van der Waals surface area contributed by atoms with Crippen LogP contribution in [0, 0.1) is 17.0 Å². The number of non-ortho nitro benzene ring substituents is 1. The predicted molar refractivity (Wildman–Crippen MR) is 121 cm³/mol. The molecule has 1 aliphatic rings. The van der Waals surface area contributed by atoms with Crippen LogP contribution in [-0.2, 0) is 14.3 Å². The SMILES string of the molecule is COCCN1C(=O)C(=O)C(=C(O)c2ccc(OC(C)C)c(C)c2)[C@@H]1c1ccc([N+](=O)[O-])cc1. The van der Waals surface area contributed by atoms with Crippen LogP contribution < -0.4 is 4.74 Å².